The van der Waals surface area contributed by atoms with Gasteiger partial charge in [-0.25, -0.2) is 0 Å². The molecule has 0 aromatic heterocycles. The van der Waals surface area contributed by atoms with Crippen molar-refractivity contribution in [3.05, 3.63) is 23.8 Å². The Kier molecular flexibility index (Phi) is 4.52. The zero-order chi connectivity index (χ0) is 16.4. The molecule has 0 saturated carbocycles. The molecular formula is C17H23N3O3. The van der Waals surface area contributed by atoms with Gasteiger partial charge in [0.25, 0.3) is 11.8 Å². The highest BCUT2D eigenvalue weighted by atomic mass is 16.5. The maximum atomic E-state index is 13.1. The fraction of sp³-hybridized carbons (Fsp3) is 0.529. The van der Waals surface area contributed by atoms with Crippen LogP contribution in [0.1, 0.15) is 37.0 Å². The Morgan fingerprint density at radius 3 is 2.96 bits per heavy atom. The standard InChI is InChI=1S/C17H23N3O3/c1-3-9-20(12-7-8-18-10-12)17(22)13-5-4-6-14-15(13)23-11(2)16(21)19-14/h4-6,11-12,18H,3,7-10H2,1-2H3,(H,19,21). The molecule has 2 heterocycles. The van der Waals surface area contributed by atoms with E-state index in [1.54, 1.807) is 25.1 Å². The molecule has 0 bridgehead atoms. The van der Waals surface area contributed by atoms with Crippen LogP contribution in [-0.4, -0.2) is 48.5 Å². The van der Waals surface area contributed by atoms with Gasteiger partial charge in [0.15, 0.2) is 11.9 Å². The maximum Gasteiger partial charge on any atom is 0.265 e. The molecule has 2 atom stereocenters. The van der Waals surface area contributed by atoms with E-state index in [1.165, 1.54) is 0 Å². The van der Waals surface area contributed by atoms with Crippen molar-refractivity contribution in [2.24, 2.45) is 0 Å². The molecule has 1 saturated heterocycles. The number of amides is 2. The van der Waals surface area contributed by atoms with Crippen LogP contribution in [0.4, 0.5) is 5.69 Å². The molecule has 3 rings (SSSR count). The summed E-state index contributed by atoms with van der Waals surface area (Å²) in [5, 5.41) is 6.11. The molecule has 2 aliphatic heterocycles. The van der Waals surface area contributed by atoms with E-state index in [-0.39, 0.29) is 17.9 Å². The van der Waals surface area contributed by atoms with Crippen LogP contribution in [0.5, 0.6) is 5.75 Å². The van der Waals surface area contributed by atoms with Gasteiger partial charge in [-0.15, -0.1) is 0 Å². The highest BCUT2D eigenvalue weighted by Gasteiger charge is 2.32. The first kappa shape index (κ1) is 15.8. The molecule has 2 amide bonds. The summed E-state index contributed by atoms with van der Waals surface area (Å²) in [6.45, 7) is 6.24. The monoisotopic (exact) mass is 317 g/mol. The number of carbonyl (C=O) groups is 2. The number of hydrogen-bond acceptors (Lipinski definition) is 4. The van der Waals surface area contributed by atoms with Crippen molar-refractivity contribution in [1.29, 1.82) is 0 Å². The smallest absolute Gasteiger partial charge is 0.265 e. The molecule has 124 valence electrons. The van der Waals surface area contributed by atoms with Gasteiger partial charge in [0.1, 0.15) is 0 Å². The summed E-state index contributed by atoms with van der Waals surface area (Å²) in [5.74, 6) is 0.268. The third-order valence-corrected chi connectivity index (χ3v) is 4.37. The predicted octanol–water partition coefficient (Wildman–Crippen LogP) is 1.62. The van der Waals surface area contributed by atoms with Crippen LogP contribution in [0.25, 0.3) is 0 Å². The van der Waals surface area contributed by atoms with Crippen molar-refractivity contribution in [2.75, 3.05) is 25.0 Å². The largest absolute Gasteiger partial charge is 0.478 e. The van der Waals surface area contributed by atoms with Gasteiger partial charge >= 0.3 is 0 Å². The minimum absolute atomic E-state index is 0.0271. The summed E-state index contributed by atoms with van der Waals surface area (Å²) in [4.78, 5) is 26.8. The number of rotatable bonds is 4. The van der Waals surface area contributed by atoms with Crippen molar-refractivity contribution >= 4 is 17.5 Å². The molecule has 6 heteroatoms. The molecule has 2 unspecified atom stereocenters. The molecule has 1 aromatic carbocycles. The van der Waals surface area contributed by atoms with Gasteiger partial charge in [0, 0.05) is 19.1 Å². The Morgan fingerprint density at radius 2 is 2.26 bits per heavy atom. The fourth-order valence-electron chi connectivity index (χ4n) is 3.15. The number of ether oxygens (including phenoxy) is 1. The number of fused-ring (bicyclic) bond motifs is 1. The van der Waals surface area contributed by atoms with E-state index in [4.69, 9.17) is 4.74 Å². The first-order valence-corrected chi connectivity index (χ1v) is 8.24. The van der Waals surface area contributed by atoms with E-state index < -0.39 is 6.10 Å². The van der Waals surface area contributed by atoms with Crippen LogP contribution in [0, 0.1) is 0 Å². The number of carbonyl (C=O) groups excluding carboxylic acids is 2. The second-order valence-corrected chi connectivity index (χ2v) is 6.08. The third kappa shape index (κ3) is 3.03. The van der Waals surface area contributed by atoms with E-state index in [0.29, 0.717) is 17.0 Å². The number of hydrogen-bond donors (Lipinski definition) is 2. The van der Waals surface area contributed by atoms with Crippen molar-refractivity contribution in [3.8, 4) is 5.75 Å². The summed E-state index contributed by atoms with van der Waals surface area (Å²) >= 11 is 0. The van der Waals surface area contributed by atoms with Crippen LogP contribution in [0.3, 0.4) is 0 Å². The minimum atomic E-state index is -0.593. The SMILES string of the molecule is CCCN(C(=O)c1cccc2c1OC(C)C(=O)N2)C1CCNC1. The Bertz CT molecular complexity index is 611. The van der Waals surface area contributed by atoms with Gasteiger partial charge in [0.05, 0.1) is 11.3 Å². The highest BCUT2D eigenvalue weighted by molar-refractivity contribution is 6.04. The normalized spacial score (nSPS) is 23.0. The van der Waals surface area contributed by atoms with Crippen molar-refractivity contribution in [3.63, 3.8) is 0 Å². The van der Waals surface area contributed by atoms with Crippen molar-refractivity contribution < 1.29 is 14.3 Å². The van der Waals surface area contributed by atoms with Gasteiger partial charge < -0.3 is 20.3 Å². The van der Waals surface area contributed by atoms with Crippen LogP contribution in [0.15, 0.2) is 18.2 Å². The minimum Gasteiger partial charge on any atom is -0.478 e. The van der Waals surface area contributed by atoms with Gasteiger partial charge in [-0.05, 0) is 38.4 Å². The fourth-order valence-corrected chi connectivity index (χ4v) is 3.15. The van der Waals surface area contributed by atoms with Crippen LogP contribution in [-0.2, 0) is 4.79 Å². The second-order valence-electron chi connectivity index (χ2n) is 6.08. The lowest BCUT2D eigenvalue weighted by Gasteiger charge is -2.31. The zero-order valence-electron chi connectivity index (χ0n) is 13.6. The second kappa shape index (κ2) is 6.58. The number of para-hydroxylation sites is 1. The quantitative estimate of drug-likeness (QED) is 0.885. The van der Waals surface area contributed by atoms with E-state index >= 15 is 0 Å². The molecular weight excluding hydrogens is 294 g/mol. The lowest BCUT2D eigenvalue weighted by Crippen LogP contribution is -2.43. The summed E-state index contributed by atoms with van der Waals surface area (Å²) < 4.78 is 5.71. The maximum absolute atomic E-state index is 13.1. The molecule has 6 nitrogen and oxygen atoms in total. The lowest BCUT2D eigenvalue weighted by atomic mass is 10.1. The molecule has 2 aliphatic rings. The average molecular weight is 317 g/mol. The number of anilines is 1. The van der Waals surface area contributed by atoms with Crippen LogP contribution in [0.2, 0.25) is 0 Å². The molecule has 23 heavy (non-hydrogen) atoms. The third-order valence-electron chi connectivity index (χ3n) is 4.37. The molecule has 0 spiro atoms. The Labute approximate surface area is 136 Å². The average Bonchev–Trinajstić information content (AvgIpc) is 3.06. The van der Waals surface area contributed by atoms with E-state index in [9.17, 15) is 9.59 Å². The summed E-state index contributed by atoms with van der Waals surface area (Å²) in [6, 6.07) is 5.53. The zero-order valence-corrected chi connectivity index (χ0v) is 13.6. The highest BCUT2D eigenvalue weighted by Crippen LogP contribution is 2.34. The number of nitrogens with one attached hydrogen (secondary N) is 2. The van der Waals surface area contributed by atoms with Crippen molar-refractivity contribution in [1.82, 2.24) is 10.2 Å². The number of nitrogens with zero attached hydrogens (tertiary/aromatic N) is 1. The summed E-state index contributed by atoms with van der Waals surface area (Å²) in [6.07, 6.45) is 1.28. The summed E-state index contributed by atoms with van der Waals surface area (Å²) in [7, 11) is 0. The molecule has 1 aromatic rings. The van der Waals surface area contributed by atoms with E-state index in [0.717, 1.165) is 32.5 Å². The number of benzene rings is 1. The van der Waals surface area contributed by atoms with Crippen molar-refractivity contribution in [2.45, 2.75) is 38.8 Å². The molecule has 0 aliphatic carbocycles. The summed E-state index contributed by atoms with van der Waals surface area (Å²) in [5.41, 5.74) is 1.09. The molecule has 0 radical (unpaired) electrons. The lowest BCUT2D eigenvalue weighted by molar-refractivity contribution is -0.122. The Balaban J connectivity index is 1.92. The van der Waals surface area contributed by atoms with Gasteiger partial charge in [-0.1, -0.05) is 13.0 Å². The van der Waals surface area contributed by atoms with E-state index in [2.05, 4.69) is 17.6 Å². The van der Waals surface area contributed by atoms with Gasteiger partial charge in [-0.3, -0.25) is 9.59 Å². The van der Waals surface area contributed by atoms with Crippen LogP contribution >= 0.6 is 0 Å². The first-order chi connectivity index (χ1) is 11.1. The topological polar surface area (TPSA) is 70.7 Å². The Morgan fingerprint density at radius 1 is 1.43 bits per heavy atom. The van der Waals surface area contributed by atoms with E-state index in [1.807, 2.05) is 4.90 Å². The van der Waals surface area contributed by atoms with Gasteiger partial charge in [-0.2, -0.15) is 0 Å². The first-order valence-electron chi connectivity index (χ1n) is 8.24. The predicted molar refractivity (Wildman–Crippen MR) is 87.8 cm³/mol. The Hall–Kier alpha value is -2.08. The van der Waals surface area contributed by atoms with Crippen LogP contribution < -0.4 is 15.4 Å². The van der Waals surface area contributed by atoms with Gasteiger partial charge in [0.2, 0.25) is 0 Å². The molecule has 2 N–H and O–H groups in total. The molecule has 1 fully saturated rings.